The van der Waals surface area contributed by atoms with Gasteiger partial charge in [-0.05, 0) is 26.2 Å². The van der Waals surface area contributed by atoms with Crippen molar-refractivity contribution in [3.63, 3.8) is 0 Å². The zero-order valence-electron chi connectivity index (χ0n) is 6.59. The highest BCUT2D eigenvalue weighted by Crippen LogP contribution is 2.41. The molecule has 60 valence electrons. The maximum atomic E-state index is 11.1. The fraction of sp³-hybridized carbons (Fsp3) is 0.750. The van der Waals surface area contributed by atoms with Crippen LogP contribution >= 0.6 is 0 Å². The summed E-state index contributed by atoms with van der Waals surface area (Å²) in [5.41, 5.74) is -0.782. The molecule has 0 spiro atoms. The molecule has 0 bridgehead atoms. The normalized spacial score (nSPS) is 19.6. The first-order chi connectivity index (χ1) is 5.25. The standard InChI is InChI=1S/C8H11NO2/c1-2-11-7(10)8(6-9)4-3-5-8/h2-5H2,1H3. The van der Waals surface area contributed by atoms with E-state index >= 15 is 0 Å². The molecule has 0 saturated heterocycles. The van der Waals surface area contributed by atoms with Crippen molar-refractivity contribution in [1.82, 2.24) is 0 Å². The van der Waals surface area contributed by atoms with Crippen molar-refractivity contribution in [3.8, 4) is 6.07 Å². The predicted octanol–water partition coefficient (Wildman–Crippen LogP) is 1.24. The molecule has 0 amide bonds. The van der Waals surface area contributed by atoms with Gasteiger partial charge in [-0.1, -0.05) is 0 Å². The molecular formula is C8H11NO2. The summed E-state index contributed by atoms with van der Waals surface area (Å²) in [6.07, 6.45) is 2.30. The zero-order chi connectivity index (χ0) is 8.32. The van der Waals surface area contributed by atoms with Crippen molar-refractivity contribution in [2.24, 2.45) is 5.41 Å². The fourth-order valence-corrected chi connectivity index (χ4v) is 1.16. The Bertz CT molecular complexity index is 201. The quantitative estimate of drug-likeness (QED) is 0.561. The first kappa shape index (κ1) is 8.06. The molecule has 0 radical (unpaired) electrons. The molecule has 1 fully saturated rings. The molecule has 11 heavy (non-hydrogen) atoms. The van der Waals surface area contributed by atoms with Crippen molar-refractivity contribution >= 4 is 5.97 Å². The van der Waals surface area contributed by atoms with Gasteiger partial charge in [-0.2, -0.15) is 5.26 Å². The minimum Gasteiger partial charge on any atom is -0.465 e. The van der Waals surface area contributed by atoms with Crippen molar-refractivity contribution in [1.29, 1.82) is 5.26 Å². The van der Waals surface area contributed by atoms with E-state index in [0.717, 1.165) is 6.42 Å². The van der Waals surface area contributed by atoms with E-state index in [1.165, 1.54) is 0 Å². The van der Waals surface area contributed by atoms with Crippen LogP contribution < -0.4 is 0 Å². The first-order valence-electron chi connectivity index (χ1n) is 3.83. The van der Waals surface area contributed by atoms with Gasteiger partial charge < -0.3 is 4.74 Å². The van der Waals surface area contributed by atoms with Crippen LogP contribution in [0.1, 0.15) is 26.2 Å². The molecule has 0 unspecified atom stereocenters. The van der Waals surface area contributed by atoms with Gasteiger partial charge in [-0.15, -0.1) is 0 Å². The molecule has 3 heteroatoms. The number of nitrogens with zero attached hydrogens (tertiary/aromatic N) is 1. The lowest BCUT2D eigenvalue weighted by Gasteiger charge is -2.31. The Balaban J connectivity index is 2.57. The molecule has 3 nitrogen and oxygen atoms in total. The Labute approximate surface area is 66.0 Å². The number of nitriles is 1. The average molecular weight is 153 g/mol. The molecular weight excluding hydrogens is 142 g/mol. The summed E-state index contributed by atoms with van der Waals surface area (Å²) in [5.74, 6) is -0.339. The fourth-order valence-electron chi connectivity index (χ4n) is 1.16. The lowest BCUT2D eigenvalue weighted by atomic mass is 9.70. The second-order valence-corrected chi connectivity index (χ2v) is 2.77. The molecule has 0 aromatic rings. The van der Waals surface area contributed by atoms with E-state index < -0.39 is 5.41 Å². The molecule has 0 aliphatic heterocycles. The van der Waals surface area contributed by atoms with Crippen LogP contribution in [0.25, 0.3) is 0 Å². The molecule has 0 atom stereocenters. The first-order valence-corrected chi connectivity index (χ1v) is 3.83. The van der Waals surface area contributed by atoms with Gasteiger partial charge in [0.15, 0.2) is 5.41 Å². The van der Waals surface area contributed by atoms with Crippen molar-refractivity contribution in [3.05, 3.63) is 0 Å². The predicted molar refractivity (Wildman–Crippen MR) is 38.5 cm³/mol. The third-order valence-corrected chi connectivity index (χ3v) is 2.09. The Morgan fingerprint density at radius 2 is 2.36 bits per heavy atom. The van der Waals surface area contributed by atoms with Crippen molar-refractivity contribution < 1.29 is 9.53 Å². The molecule has 1 saturated carbocycles. The van der Waals surface area contributed by atoms with Crippen LogP contribution in [0.2, 0.25) is 0 Å². The van der Waals surface area contributed by atoms with Crippen LogP contribution in [-0.2, 0) is 9.53 Å². The van der Waals surface area contributed by atoms with Crippen molar-refractivity contribution in [2.75, 3.05) is 6.61 Å². The van der Waals surface area contributed by atoms with Crippen LogP contribution in [0.5, 0.6) is 0 Å². The zero-order valence-corrected chi connectivity index (χ0v) is 6.59. The highest BCUT2D eigenvalue weighted by atomic mass is 16.5. The second-order valence-electron chi connectivity index (χ2n) is 2.77. The molecule has 0 aromatic heterocycles. The summed E-state index contributed by atoms with van der Waals surface area (Å²) in [5, 5.41) is 8.68. The van der Waals surface area contributed by atoms with E-state index in [4.69, 9.17) is 10.00 Å². The monoisotopic (exact) mass is 153 g/mol. The SMILES string of the molecule is CCOC(=O)C1(C#N)CCC1. The van der Waals surface area contributed by atoms with E-state index in [9.17, 15) is 4.79 Å². The topological polar surface area (TPSA) is 50.1 Å². The summed E-state index contributed by atoms with van der Waals surface area (Å²) >= 11 is 0. The Morgan fingerprint density at radius 3 is 2.64 bits per heavy atom. The van der Waals surface area contributed by atoms with E-state index in [0.29, 0.717) is 19.4 Å². The Kier molecular flexibility index (Phi) is 2.13. The van der Waals surface area contributed by atoms with Gasteiger partial charge in [0.2, 0.25) is 0 Å². The number of hydrogen-bond donors (Lipinski definition) is 0. The van der Waals surface area contributed by atoms with Crippen LogP contribution in [0, 0.1) is 16.7 Å². The van der Waals surface area contributed by atoms with E-state index in [-0.39, 0.29) is 5.97 Å². The van der Waals surface area contributed by atoms with E-state index in [2.05, 4.69) is 0 Å². The highest BCUT2D eigenvalue weighted by Gasteiger charge is 2.45. The van der Waals surface area contributed by atoms with Gasteiger partial charge >= 0.3 is 5.97 Å². The Morgan fingerprint density at radius 1 is 1.73 bits per heavy atom. The molecule has 1 rings (SSSR count). The summed E-state index contributed by atoms with van der Waals surface area (Å²) in [4.78, 5) is 11.1. The van der Waals surface area contributed by atoms with Crippen LogP contribution in [0.4, 0.5) is 0 Å². The number of rotatable bonds is 2. The van der Waals surface area contributed by atoms with E-state index in [1.54, 1.807) is 6.92 Å². The summed E-state index contributed by atoms with van der Waals surface area (Å²) in [6, 6.07) is 2.02. The lowest BCUT2D eigenvalue weighted by molar-refractivity contribution is -0.156. The third kappa shape index (κ3) is 1.21. The summed E-state index contributed by atoms with van der Waals surface area (Å²) in [7, 11) is 0. The van der Waals surface area contributed by atoms with Crippen LogP contribution in [0.15, 0.2) is 0 Å². The minimum atomic E-state index is -0.782. The van der Waals surface area contributed by atoms with Gasteiger partial charge in [-0.25, -0.2) is 0 Å². The van der Waals surface area contributed by atoms with Gasteiger partial charge in [0, 0.05) is 0 Å². The van der Waals surface area contributed by atoms with Crippen LogP contribution in [0.3, 0.4) is 0 Å². The van der Waals surface area contributed by atoms with E-state index in [1.807, 2.05) is 6.07 Å². The number of esters is 1. The van der Waals surface area contributed by atoms with Crippen LogP contribution in [-0.4, -0.2) is 12.6 Å². The van der Waals surface area contributed by atoms with Crippen molar-refractivity contribution in [2.45, 2.75) is 26.2 Å². The van der Waals surface area contributed by atoms with Gasteiger partial charge in [0.25, 0.3) is 0 Å². The molecule has 0 N–H and O–H groups in total. The number of carbonyl (C=O) groups is 1. The number of ether oxygens (including phenoxy) is 1. The molecule has 1 aliphatic carbocycles. The lowest BCUT2D eigenvalue weighted by Crippen LogP contribution is -2.37. The average Bonchev–Trinajstić information content (AvgIpc) is 1.87. The summed E-state index contributed by atoms with van der Waals surface area (Å²) < 4.78 is 4.78. The summed E-state index contributed by atoms with van der Waals surface area (Å²) in [6.45, 7) is 2.11. The maximum Gasteiger partial charge on any atom is 0.326 e. The smallest absolute Gasteiger partial charge is 0.326 e. The van der Waals surface area contributed by atoms with Gasteiger partial charge in [0.05, 0.1) is 12.7 Å². The third-order valence-electron chi connectivity index (χ3n) is 2.09. The Hall–Kier alpha value is -1.04. The second kappa shape index (κ2) is 2.91. The number of hydrogen-bond acceptors (Lipinski definition) is 3. The molecule has 0 heterocycles. The minimum absolute atomic E-state index is 0.339. The molecule has 0 aromatic carbocycles. The largest absolute Gasteiger partial charge is 0.465 e. The highest BCUT2D eigenvalue weighted by molar-refractivity contribution is 5.81. The maximum absolute atomic E-state index is 11.1. The van der Waals surface area contributed by atoms with Gasteiger partial charge in [-0.3, -0.25) is 4.79 Å². The van der Waals surface area contributed by atoms with Gasteiger partial charge in [0.1, 0.15) is 0 Å². The molecule has 1 aliphatic rings. The number of carbonyl (C=O) groups excluding carboxylic acids is 1.